The van der Waals surface area contributed by atoms with E-state index in [2.05, 4.69) is 69.4 Å². The summed E-state index contributed by atoms with van der Waals surface area (Å²) in [6, 6.07) is 19.0. The number of carbonyl (C=O) groups excluding carboxylic acids is 1. The topological polar surface area (TPSA) is 38.8 Å². The van der Waals surface area contributed by atoms with Crippen LogP contribution in [0.25, 0.3) is 0 Å². The van der Waals surface area contributed by atoms with Gasteiger partial charge in [-0.1, -0.05) is 37.3 Å². The van der Waals surface area contributed by atoms with Gasteiger partial charge < -0.3 is 10.2 Å². The maximum Gasteiger partial charge on any atom is 0.238 e. The molecule has 1 amide bonds. The molecule has 0 aromatic heterocycles. The second kappa shape index (κ2) is 9.42. The van der Waals surface area contributed by atoms with Crippen molar-refractivity contribution in [2.24, 2.45) is 5.92 Å². The van der Waals surface area contributed by atoms with Gasteiger partial charge in [-0.3, -0.25) is 14.6 Å². The van der Waals surface area contributed by atoms with Gasteiger partial charge in [0.25, 0.3) is 0 Å². The minimum Gasteiger partial charge on any atom is -0.369 e. The molecule has 0 bridgehead atoms. The van der Waals surface area contributed by atoms with Gasteiger partial charge in [0.2, 0.25) is 5.91 Å². The van der Waals surface area contributed by atoms with Crippen molar-refractivity contribution in [3.63, 3.8) is 0 Å². The minimum atomic E-state index is 0.0846. The first-order chi connectivity index (χ1) is 14.2. The van der Waals surface area contributed by atoms with Gasteiger partial charge in [0.1, 0.15) is 0 Å². The van der Waals surface area contributed by atoms with Gasteiger partial charge in [0, 0.05) is 50.6 Å². The molecule has 0 saturated carbocycles. The van der Waals surface area contributed by atoms with Crippen LogP contribution in [-0.4, -0.2) is 61.5 Å². The largest absolute Gasteiger partial charge is 0.369 e. The second-order valence-electron chi connectivity index (χ2n) is 8.47. The summed E-state index contributed by atoms with van der Waals surface area (Å²) in [6.07, 6.45) is 1.20. The van der Waals surface area contributed by atoms with Crippen molar-refractivity contribution in [3.05, 3.63) is 60.2 Å². The molecule has 0 radical (unpaired) electrons. The Morgan fingerprint density at radius 2 is 1.66 bits per heavy atom. The number of rotatable bonds is 6. The molecule has 1 atom stereocenters. The van der Waals surface area contributed by atoms with Crippen LogP contribution in [0, 0.1) is 5.92 Å². The van der Waals surface area contributed by atoms with E-state index >= 15 is 0 Å². The van der Waals surface area contributed by atoms with Crippen LogP contribution in [0.15, 0.2) is 54.6 Å². The standard InChI is InChI=1S/C24H32N4O/c1-20-11-12-27(17-20)19-24(29)25-22-7-9-23(10-8-22)28-15-13-26(14-16-28)18-21-5-3-2-4-6-21/h2-10,20H,11-19H2,1H3,(H,25,29). The van der Waals surface area contributed by atoms with Crippen LogP contribution >= 0.6 is 0 Å². The molecular weight excluding hydrogens is 360 g/mol. The van der Waals surface area contributed by atoms with Gasteiger partial charge in [-0.15, -0.1) is 0 Å². The number of hydrogen-bond acceptors (Lipinski definition) is 4. The van der Waals surface area contributed by atoms with E-state index in [9.17, 15) is 4.79 Å². The Balaban J connectivity index is 1.23. The average molecular weight is 393 g/mol. The highest BCUT2D eigenvalue weighted by Crippen LogP contribution is 2.21. The first kappa shape index (κ1) is 19.9. The second-order valence-corrected chi connectivity index (χ2v) is 8.47. The number of amides is 1. The lowest BCUT2D eigenvalue weighted by Gasteiger charge is -2.36. The summed E-state index contributed by atoms with van der Waals surface area (Å²) in [5.41, 5.74) is 3.49. The van der Waals surface area contributed by atoms with Crippen molar-refractivity contribution >= 4 is 17.3 Å². The number of hydrogen-bond donors (Lipinski definition) is 1. The molecule has 2 aliphatic rings. The fourth-order valence-electron chi connectivity index (χ4n) is 4.33. The van der Waals surface area contributed by atoms with Crippen LogP contribution in [0.3, 0.4) is 0 Å². The predicted octanol–water partition coefficient (Wildman–Crippen LogP) is 3.29. The fourth-order valence-corrected chi connectivity index (χ4v) is 4.33. The molecule has 4 rings (SSSR count). The molecule has 2 aliphatic heterocycles. The molecule has 5 heteroatoms. The maximum absolute atomic E-state index is 12.3. The SMILES string of the molecule is CC1CCN(CC(=O)Nc2ccc(N3CCN(Cc4ccccc4)CC3)cc2)C1. The molecular formula is C24H32N4O. The lowest BCUT2D eigenvalue weighted by atomic mass is 10.2. The molecule has 2 saturated heterocycles. The van der Waals surface area contributed by atoms with Crippen molar-refractivity contribution < 1.29 is 4.79 Å². The van der Waals surface area contributed by atoms with Crippen LogP contribution in [-0.2, 0) is 11.3 Å². The van der Waals surface area contributed by atoms with Gasteiger partial charge in [-0.05, 0) is 48.7 Å². The molecule has 0 spiro atoms. The van der Waals surface area contributed by atoms with Gasteiger partial charge in [0.15, 0.2) is 0 Å². The van der Waals surface area contributed by atoms with Crippen molar-refractivity contribution in [2.45, 2.75) is 19.9 Å². The predicted molar refractivity (Wildman–Crippen MR) is 119 cm³/mol. The third-order valence-corrected chi connectivity index (χ3v) is 6.01. The van der Waals surface area contributed by atoms with Gasteiger partial charge in [-0.2, -0.15) is 0 Å². The summed E-state index contributed by atoms with van der Waals surface area (Å²) in [6.45, 7) is 10.0. The van der Waals surface area contributed by atoms with Crippen LogP contribution in [0.4, 0.5) is 11.4 Å². The number of likely N-dealkylation sites (tertiary alicyclic amines) is 1. The number of piperazine rings is 1. The number of anilines is 2. The quantitative estimate of drug-likeness (QED) is 0.819. The van der Waals surface area contributed by atoms with Crippen LogP contribution in [0.1, 0.15) is 18.9 Å². The Morgan fingerprint density at radius 1 is 0.931 bits per heavy atom. The zero-order chi connectivity index (χ0) is 20.1. The van der Waals surface area contributed by atoms with Crippen molar-refractivity contribution in [2.75, 3.05) is 56.0 Å². The van der Waals surface area contributed by atoms with E-state index in [4.69, 9.17) is 0 Å². The van der Waals surface area contributed by atoms with Crippen LogP contribution in [0.5, 0.6) is 0 Å². The molecule has 2 aromatic rings. The van der Waals surface area contributed by atoms with Crippen molar-refractivity contribution in [1.82, 2.24) is 9.80 Å². The first-order valence-electron chi connectivity index (χ1n) is 10.8. The highest BCUT2D eigenvalue weighted by Gasteiger charge is 2.21. The van der Waals surface area contributed by atoms with Crippen molar-refractivity contribution in [1.29, 1.82) is 0 Å². The number of nitrogens with zero attached hydrogens (tertiary/aromatic N) is 3. The summed E-state index contributed by atoms with van der Waals surface area (Å²) in [7, 11) is 0. The smallest absolute Gasteiger partial charge is 0.238 e. The highest BCUT2D eigenvalue weighted by atomic mass is 16.2. The van der Waals surface area contributed by atoms with Gasteiger partial charge in [0.05, 0.1) is 6.54 Å². The molecule has 2 fully saturated rings. The summed E-state index contributed by atoms with van der Waals surface area (Å²) in [5.74, 6) is 0.789. The Morgan fingerprint density at radius 3 is 2.31 bits per heavy atom. The Hall–Kier alpha value is -2.37. The Kier molecular flexibility index (Phi) is 6.47. The molecule has 0 aliphatic carbocycles. The lowest BCUT2D eigenvalue weighted by molar-refractivity contribution is -0.117. The Bertz CT molecular complexity index is 784. The van der Waals surface area contributed by atoms with Gasteiger partial charge >= 0.3 is 0 Å². The molecule has 1 unspecified atom stereocenters. The number of carbonyl (C=O) groups is 1. The third-order valence-electron chi connectivity index (χ3n) is 6.01. The van der Waals surface area contributed by atoms with E-state index in [1.54, 1.807) is 0 Å². The zero-order valence-corrected chi connectivity index (χ0v) is 17.4. The van der Waals surface area contributed by atoms with Crippen LogP contribution < -0.4 is 10.2 Å². The third kappa shape index (κ3) is 5.58. The molecule has 2 aromatic carbocycles. The first-order valence-corrected chi connectivity index (χ1v) is 10.8. The monoisotopic (exact) mass is 392 g/mol. The zero-order valence-electron chi connectivity index (χ0n) is 17.4. The maximum atomic E-state index is 12.3. The Labute approximate surface area is 174 Å². The van der Waals surface area contributed by atoms with E-state index < -0.39 is 0 Å². The van der Waals surface area contributed by atoms with E-state index in [1.165, 1.54) is 17.7 Å². The van der Waals surface area contributed by atoms with Crippen LogP contribution in [0.2, 0.25) is 0 Å². The molecule has 1 N–H and O–H groups in total. The average Bonchev–Trinajstić information content (AvgIpc) is 3.14. The summed E-state index contributed by atoms with van der Waals surface area (Å²) in [4.78, 5) is 19.5. The fraction of sp³-hybridized carbons (Fsp3) is 0.458. The summed E-state index contributed by atoms with van der Waals surface area (Å²) >= 11 is 0. The normalized spacial score (nSPS) is 20.7. The minimum absolute atomic E-state index is 0.0846. The van der Waals surface area contributed by atoms with Crippen molar-refractivity contribution in [3.8, 4) is 0 Å². The van der Waals surface area contributed by atoms with E-state index in [0.717, 1.165) is 51.5 Å². The lowest BCUT2D eigenvalue weighted by Crippen LogP contribution is -2.45. The summed E-state index contributed by atoms with van der Waals surface area (Å²) in [5, 5.41) is 3.04. The summed E-state index contributed by atoms with van der Waals surface area (Å²) < 4.78 is 0. The molecule has 154 valence electrons. The number of nitrogens with one attached hydrogen (secondary N) is 1. The van der Waals surface area contributed by atoms with E-state index in [1.807, 2.05) is 12.1 Å². The van der Waals surface area contributed by atoms with E-state index in [-0.39, 0.29) is 5.91 Å². The molecule has 5 nitrogen and oxygen atoms in total. The van der Waals surface area contributed by atoms with E-state index in [0.29, 0.717) is 12.5 Å². The number of benzene rings is 2. The molecule has 2 heterocycles. The van der Waals surface area contributed by atoms with Gasteiger partial charge in [-0.25, -0.2) is 0 Å². The highest BCUT2D eigenvalue weighted by molar-refractivity contribution is 5.92. The molecule has 29 heavy (non-hydrogen) atoms.